The molecule has 0 radical (unpaired) electrons. The van der Waals surface area contributed by atoms with Gasteiger partial charge in [-0.1, -0.05) is 29.3 Å². The van der Waals surface area contributed by atoms with E-state index in [4.69, 9.17) is 27.6 Å². The van der Waals surface area contributed by atoms with E-state index >= 15 is 0 Å². The molecule has 2 aromatic rings. The van der Waals surface area contributed by atoms with Gasteiger partial charge in [0, 0.05) is 26.6 Å². The standard InChI is InChI=1S/C18H18Cl2N2O3/c1-21(9-12-4-5-15(19)16(20)7-12)18(24)13-8-17(23)22(10-13)11-14-3-2-6-25-14/h2-7,13H,8-11H2,1H3. The summed E-state index contributed by atoms with van der Waals surface area (Å²) in [4.78, 5) is 28.1. The fraction of sp³-hybridized carbons (Fsp3) is 0.333. The Labute approximate surface area is 156 Å². The first-order valence-corrected chi connectivity index (χ1v) is 8.68. The predicted octanol–water partition coefficient (Wildman–Crippen LogP) is 3.59. The van der Waals surface area contributed by atoms with Crippen molar-refractivity contribution >= 4 is 35.0 Å². The molecule has 1 aromatic carbocycles. The summed E-state index contributed by atoms with van der Waals surface area (Å²) in [6.07, 6.45) is 1.80. The molecule has 1 aliphatic heterocycles. The Balaban J connectivity index is 1.60. The van der Waals surface area contributed by atoms with E-state index in [-0.39, 0.29) is 24.2 Å². The number of hydrogen-bond acceptors (Lipinski definition) is 3. The van der Waals surface area contributed by atoms with E-state index in [1.54, 1.807) is 41.3 Å². The average molecular weight is 381 g/mol. The first-order chi connectivity index (χ1) is 11.9. The van der Waals surface area contributed by atoms with Gasteiger partial charge in [0.15, 0.2) is 0 Å². The van der Waals surface area contributed by atoms with Gasteiger partial charge in [-0.2, -0.15) is 0 Å². The van der Waals surface area contributed by atoms with Crippen LogP contribution in [-0.2, 0) is 22.7 Å². The molecule has 0 saturated carbocycles. The minimum Gasteiger partial charge on any atom is -0.467 e. The first kappa shape index (κ1) is 17.8. The summed E-state index contributed by atoms with van der Waals surface area (Å²) in [5.74, 6) is 0.292. The number of amides is 2. The summed E-state index contributed by atoms with van der Waals surface area (Å²) < 4.78 is 5.27. The van der Waals surface area contributed by atoms with Gasteiger partial charge in [0.05, 0.1) is 28.8 Å². The third kappa shape index (κ3) is 4.17. The van der Waals surface area contributed by atoms with E-state index < -0.39 is 0 Å². The number of nitrogens with zero attached hydrogens (tertiary/aromatic N) is 2. The van der Waals surface area contributed by atoms with Crippen molar-refractivity contribution < 1.29 is 14.0 Å². The second-order valence-electron chi connectivity index (χ2n) is 6.20. The highest BCUT2D eigenvalue weighted by molar-refractivity contribution is 6.42. The van der Waals surface area contributed by atoms with Crippen molar-refractivity contribution in [2.45, 2.75) is 19.5 Å². The van der Waals surface area contributed by atoms with Crippen molar-refractivity contribution in [2.75, 3.05) is 13.6 Å². The van der Waals surface area contributed by atoms with E-state index in [9.17, 15) is 9.59 Å². The first-order valence-electron chi connectivity index (χ1n) is 7.93. The lowest BCUT2D eigenvalue weighted by Crippen LogP contribution is -2.34. The van der Waals surface area contributed by atoms with Crippen LogP contribution in [0.2, 0.25) is 10.0 Å². The van der Waals surface area contributed by atoms with Crippen LogP contribution in [0.15, 0.2) is 41.0 Å². The van der Waals surface area contributed by atoms with Gasteiger partial charge in [-0.25, -0.2) is 0 Å². The van der Waals surface area contributed by atoms with Gasteiger partial charge >= 0.3 is 0 Å². The zero-order valence-corrected chi connectivity index (χ0v) is 15.3. The molecule has 1 aromatic heterocycles. The van der Waals surface area contributed by atoms with E-state index in [1.165, 1.54) is 0 Å². The van der Waals surface area contributed by atoms with Gasteiger partial charge in [0.2, 0.25) is 11.8 Å². The molecule has 0 N–H and O–H groups in total. The Bertz CT molecular complexity index is 777. The summed E-state index contributed by atoms with van der Waals surface area (Å²) in [6.45, 7) is 1.22. The van der Waals surface area contributed by atoms with Crippen LogP contribution in [0.3, 0.4) is 0 Å². The lowest BCUT2D eigenvalue weighted by Gasteiger charge is -2.21. The molecule has 1 atom stereocenters. The van der Waals surface area contributed by atoms with Crippen molar-refractivity contribution in [2.24, 2.45) is 5.92 Å². The number of carbonyl (C=O) groups is 2. The summed E-state index contributed by atoms with van der Waals surface area (Å²) >= 11 is 11.9. The molecule has 2 amide bonds. The number of hydrogen-bond donors (Lipinski definition) is 0. The molecule has 0 bridgehead atoms. The third-order valence-electron chi connectivity index (χ3n) is 4.27. The van der Waals surface area contributed by atoms with Crippen LogP contribution in [0, 0.1) is 5.92 Å². The molecule has 0 aliphatic carbocycles. The molecule has 2 heterocycles. The normalized spacial score (nSPS) is 17.2. The molecular weight excluding hydrogens is 363 g/mol. The predicted molar refractivity (Wildman–Crippen MR) is 95.2 cm³/mol. The van der Waals surface area contributed by atoms with E-state index in [0.29, 0.717) is 35.4 Å². The van der Waals surface area contributed by atoms with Crippen LogP contribution in [0.1, 0.15) is 17.7 Å². The summed E-state index contributed by atoms with van der Waals surface area (Å²) in [5.41, 5.74) is 0.891. The highest BCUT2D eigenvalue weighted by atomic mass is 35.5. The van der Waals surface area contributed by atoms with Gasteiger partial charge in [0.25, 0.3) is 0 Å². The van der Waals surface area contributed by atoms with E-state index in [0.717, 1.165) is 5.56 Å². The van der Waals surface area contributed by atoms with Gasteiger partial charge in [-0.3, -0.25) is 9.59 Å². The third-order valence-corrected chi connectivity index (χ3v) is 5.01. The number of carbonyl (C=O) groups excluding carboxylic acids is 2. The zero-order valence-electron chi connectivity index (χ0n) is 13.7. The molecular formula is C18H18Cl2N2O3. The Hall–Kier alpha value is -1.98. The molecule has 1 saturated heterocycles. The maximum Gasteiger partial charge on any atom is 0.228 e. The molecule has 1 fully saturated rings. The maximum atomic E-state index is 12.7. The van der Waals surface area contributed by atoms with Crippen molar-refractivity contribution in [3.8, 4) is 0 Å². The molecule has 5 nitrogen and oxygen atoms in total. The van der Waals surface area contributed by atoms with Crippen molar-refractivity contribution in [3.63, 3.8) is 0 Å². The second kappa shape index (κ2) is 7.50. The number of benzene rings is 1. The monoisotopic (exact) mass is 380 g/mol. The van der Waals surface area contributed by atoms with Crippen LogP contribution in [0.4, 0.5) is 0 Å². The number of likely N-dealkylation sites (tertiary alicyclic amines) is 1. The number of furan rings is 1. The molecule has 7 heteroatoms. The van der Waals surface area contributed by atoms with E-state index in [2.05, 4.69) is 0 Å². The lowest BCUT2D eigenvalue weighted by atomic mass is 10.1. The molecule has 1 aliphatic rings. The summed E-state index contributed by atoms with van der Waals surface area (Å²) in [6, 6.07) is 8.89. The number of rotatable bonds is 5. The van der Waals surface area contributed by atoms with Gasteiger partial charge in [-0.05, 0) is 29.8 Å². The Morgan fingerprint density at radius 1 is 1.32 bits per heavy atom. The maximum absolute atomic E-state index is 12.7. The van der Waals surface area contributed by atoms with E-state index in [1.807, 2.05) is 12.1 Å². The highest BCUT2D eigenvalue weighted by Gasteiger charge is 2.36. The minimum absolute atomic E-state index is 0.0299. The molecule has 25 heavy (non-hydrogen) atoms. The quantitative estimate of drug-likeness (QED) is 0.796. The fourth-order valence-corrected chi connectivity index (χ4v) is 3.30. The highest BCUT2D eigenvalue weighted by Crippen LogP contribution is 2.25. The Morgan fingerprint density at radius 2 is 2.12 bits per heavy atom. The number of halogens is 2. The SMILES string of the molecule is CN(Cc1ccc(Cl)c(Cl)c1)C(=O)C1CC(=O)N(Cc2ccco2)C1. The Morgan fingerprint density at radius 3 is 2.80 bits per heavy atom. The fourth-order valence-electron chi connectivity index (χ4n) is 2.98. The van der Waals surface area contributed by atoms with Crippen LogP contribution in [0.25, 0.3) is 0 Å². The van der Waals surface area contributed by atoms with Gasteiger partial charge in [-0.15, -0.1) is 0 Å². The van der Waals surface area contributed by atoms with Crippen LogP contribution >= 0.6 is 23.2 Å². The van der Waals surface area contributed by atoms with Crippen LogP contribution < -0.4 is 0 Å². The Kier molecular flexibility index (Phi) is 5.35. The van der Waals surface area contributed by atoms with Crippen molar-refractivity contribution in [3.05, 3.63) is 58.0 Å². The summed E-state index contributed by atoms with van der Waals surface area (Å²) in [5, 5.41) is 0.940. The largest absolute Gasteiger partial charge is 0.467 e. The molecule has 1 unspecified atom stereocenters. The zero-order chi connectivity index (χ0) is 18.0. The lowest BCUT2D eigenvalue weighted by molar-refractivity contribution is -0.135. The molecule has 3 rings (SSSR count). The minimum atomic E-state index is -0.338. The topological polar surface area (TPSA) is 53.8 Å². The van der Waals surface area contributed by atoms with Crippen LogP contribution in [-0.4, -0.2) is 35.2 Å². The van der Waals surface area contributed by atoms with Gasteiger partial charge in [0.1, 0.15) is 5.76 Å². The second-order valence-corrected chi connectivity index (χ2v) is 7.01. The van der Waals surface area contributed by atoms with Crippen LogP contribution in [0.5, 0.6) is 0 Å². The van der Waals surface area contributed by atoms with Gasteiger partial charge < -0.3 is 14.2 Å². The summed E-state index contributed by atoms with van der Waals surface area (Å²) in [7, 11) is 1.73. The smallest absolute Gasteiger partial charge is 0.228 e. The molecule has 132 valence electrons. The van der Waals surface area contributed by atoms with Crippen molar-refractivity contribution in [1.29, 1.82) is 0 Å². The average Bonchev–Trinajstić information content (AvgIpc) is 3.21. The molecule has 0 spiro atoms. The van der Waals surface area contributed by atoms with Crippen molar-refractivity contribution in [1.82, 2.24) is 9.80 Å².